The highest BCUT2D eigenvalue weighted by Gasteiger charge is 2.26. The van der Waals surface area contributed by atoms with E-state index in [1.54, 1.807) is 4.90 Å². The van der Waals surface area contributed by atoms with Gasteiger partial charge in [0.25, 0.3) is 17.3 Å². The smallest absolute Gasteiger partial charge is 0.279 e. The van der Waals surface area contributed by atoms with Gasteiger partial charge in [-0.2, -0.15) is 0 Å². The minimum atomic E-state index is -0.729. The van der Waals surface area contributed by atoms with E-state index >= 15 is 0 Å². The van der Waals surface area contributed by atoms with Gasteiger partial charge in [-0.3, -0.25) is 25.0 Å². The van der Waals surface area contributed by atoms with Crippen molar-refractivity contribution >= 4 is 17.3 Å². The Hall–Kier alpha value is -2.51. The van der Waals surface area contributed by atoms with E-state index in [0.717, 1.165) is 25.0 Å². The highest BCUT2D eigenvalue weighted by Crippen LogP contribution is 2.28. The van der Waals surface area contributed by atoms with Crippen molar-refractivity contribution in [2.75, 3.05) is 13.1 Å². The minimum absolute atomic E-state index is 0.0165. The lowest BCUT2D eigenvalue weighted by atomic mass is 10.0. The molecule has 0 aliphatic rings. The zero-order chi connectivity index (χ0) is 16.9. The second kappa shape index (κ2) is 7.48. The molecule has 0 unspecified atom stereocenters. The van der Waals surface area contributed by atoms with Crippen molar-refractivity contribution in [2.45, 2.75) is 33.6 Å². The monoisotopic (exact) mass is 309 g/mol. The first-order valence-electron chi connectivity index (χ1n) is 7.06. The number of nitro benzene ring substituents is 2. The van der Waals surface area contributed by atoms with E-state index in [4.69, 9.17) is 0 Å². The number of nitrogens with zero attached hydrogens (tertiary/aromatic N) is 3. The average Bonchev–Trinajstić information content (AvgIpc) is 2.46. The van der Waals surface area contributed by atoms with Crippen LogP contribution in [0.3, 0.4) is 0 Å². The van der Waals surface area contributed by atoms with Gasteiger partial charge >= 0.3 is 0 Å². The molecule has 0 spiro atoms. The van der Waals surface area contributed by atoms with Crippen molar-refractivity contribution in [1.82, 2.24) is 4.90 Å². The Kier molecular flexibility index (Phi) is 5.97. The lowest BCUT2D eigenvalue weighted by Gasteiger charge is -2.22. The topological polar surface area (TPSA) is 107 Å². The van der Waals surface area contributed by atoms with Crippen molar-refractivity contribution in [1.29, 1.82) is 0 Å². The largest absolute Gasteiger partial charge is 0.339 e. The molecular formula is C14H19N3O5. The Morgan fingerprint density at radius 1 is 1.09 bits per heavy atom. The normalized spacial score (nSPS) is 10.3. The summed E-state index contributed by atoms with van der Waals surface area (Å²) in [5, 5.41) is 22.0. The lowest BCUT2D eigenvalue weighted by molar-refractivity contribution is -0.394. The quantitative estimate of drug-likeness (QED) is 0.568. The molecule has 1 aromatic rings. The van der Waals surface area contributed by atoms with Crippen molar-refractivity contribution in [2.24, 2.45) is 0 Å². The van der Waals surface area contributed by atoms with E-state index in [2.05, 4.69) is 0 Å². The maximum atomic E-state index is 12.6. The fourth-order valence-corrected chi connectivity index (χ4v) is 2.23. The van der Waals surface area contributed by atoms with Gasteiger partial charge in [0.05, 0.1) is 21.5 Å². The summed E-state index contributed by atoms with van der Waals surface area (Å²) in [6, 6.07) is 2.00. The third-order valence-corrected chi connectivity index (χ3v) is 3.28. The van der Waals surface area contributed by atoms with E-state index < -0.39 is 27.1 Å². The predicted molar refractivity (Wildman–Crippen MR) is 81.0 cm³/mol. The van der Waals surface area contributed by atoms with Crippen LogP contribution in [0.1, 0.15) is 42.6 Å². The van der Waals surface area contributed by atoms with E-state index in [0.29, 0.717) is 13.1 Å². The molecular weight excluding hydrogens is 290 g/mol. The molecule has 0 N–H and O–H groups in total. The van der Waals surface area contributed by atoms with Gasteiger partial charge in [-0.25, -0.2) is 0 Å². The maximum absolute atomic E-state index is 12.6. The van der Waals surface area contributed by atoms with Gasteiger partial charge in [0.1, 0.15) is 0 Å². The number of non-ortho nitro benzene ring substituents is 1. The number of carbonyl (C=O) groups is 1. The fourth-order valence-electron chi connectivity index (χ4n) is 2.23. The summed E-state index contributed by atoms with van der Waals surface area (Å²) in [6.07, 6.45) is 1.48. The summed E-state index contributed by atoms with van der Waals surface area (Å²) in [5.74, 6) is -0.409. The van der Waals surface area contributed by atoms with Crippen molar-refractivity contribution < 1.29 is 14.6 Å². The number of hydrogen-bond acceptors (Lipinski definition) is 5. The molecule has 0 bridgehead atoms. The molecule has 0 heterocycles. The first-order chi connectivity index (χ1) is 10.3. The molecule has 1 rings (SSSR count). The number of hydrogen-bond donors (Lipinski definition) is 0. The Balaban J connectivity index is 3.40. The number of amides is 1. The Morgan fingerprint density at radius 3 is 2.05 bits per heavy atom. The molecule has 0 aromatic heterocycles. The molecule has 0 atom stereocenters. The molecule has 0 saturated carbocycles. The summed E-state index contributed by atoms with van der Waals surface area (Å²) < 4.78 is 0. The molecule has 120 valence electrons. The van der Waals surface area contributed by atoms with E-state index in [9.17, 15) is 25.0 Å². The Morgan fingerprint density at radius 2 is 1.64 bits per heavy atom. The third kappa shape index (κ3) is 3.78. The van der Waals surface area contributed by atoms with Crippen LogP contribution >= 0.6 is 0 Å². The molecule has 8 heteroatoms. The van der Waals surface area contributed by atoms with Crippen molar-refractivity contribution in [3.05, 3.63) is 43.5 Å². The number of carbonyl (C=O) groups excluding carboxylic acids is 1. The van der Waals surface area contributed by atoms with E-state index in [1.165, 1.54) is 6.92 Å². The Bertz CT molecular complexity index is 594. The summed E-state index contributed by atoms with van der Waals surface area (Å²) in [5.41, 5.74) is -0.695. The van der Waals surface area contributed by atoms with Gasteiger partial charge in [0.2, 0.25) is 0 Å². The second-order valence-corrected chi connectivity index (χ2v) is 4.94. The zero-order valence-corrected chi connectivity index (χ0v) is 12.9. The summed E-state index contributed by atoms with van der Waals surface area (Å²) >= 11 is 0. The van der Waals surface area contributed by atoms with Crippen LogP contribution in [0.25, 0.3) is 0 Å². The standard InChI is InChI=1S/C14H19N3O5/c1-4-6-15(7-5-2)14(18)12-8-11(16(19)20)9-13(10(12)3)17(21)22/h8-9H,4-7H2,1-3H3. The van der Waals surface area contributed by atoms with Crippen LogP contribution in [0.2, 0.25) is 0 Å². The van der Waals surface area contributed by atoms with Crippen molar-refractivity contribution in [3.8, 4) is 0 Å². The summed E-state index contributed by atoms with van der Waals surface area (Å²) in [4.78, 5) is 34.7. The van der Waals surface area contributed by atoms with Crippen LogP contribution < -0.4 is 0 Å². The first-order valence-corrected chi connectivity index (χ1v) is 7.06. The van der Waals surface area contributed by atoms with Crippen molar-refractivity contribution in [3.63, 3.8) is 0 Å². The molecule has 0 radical (unpaired) electrons. The minimum Gasteiger partial charge on any atom is -0.339 e. The molecule has 1 aromatic carbocycles. The fraction of sp³-hybridized carbons (Fsp3) is 0.500. The maximum Gasteiger partial charge on any atom is 0.279 e. The highest BCUT2D eigenvalue weighted by molar-refractivity contribution is 5.97. The zero-order valence-electron chi connectivity index (χ0n) is 12.9. The van der Waals surface area contributed by atoms with Gasteiger partial charge in [-0.15, -0.1) is 0 Å². The molecule has 0 fully saturated rings. The lowest BCUT2D eigenvalue weighted by Crippen LogP contribution is -2.33. The highest BCUT2D eigenvalue weighted by atomic mass is 16.6. The van der Waals surface area contributed by atoms with Crippen LogP contribution in [0, 0.1) is 27.2 Å². The summed E-state index contributed by atoms with van der Waals surface area (Å²) in [6.45, 7) is 6.27. The van der Waals surface area contributed by atoms with Crippen LogP contribution in [0.5, 0.6) is 0 Å². The molecule has 22 heavy (non-hydrogen) atoms. The van der Waals surface area contributed by atoms with Crippen LogP contribution in [-0.4, -0.2) is 33.7 Å². The molecule has 8 nitrogen and oxygen atoms in total. The van der Waals surface area contributed by atoms with Crippen LogP contribution in [0.4, 0.5) is 11.4 Å². The SMILES string of the molecule is CCCN(CCC)C(=O)c1cc([N+](=O)[O-])cc([N+](=O)[O-])c1C. The van der Waals surface area contributed by atoms with Gasteiger partial charge in [-0.05, 0) is 19.8 Å². The van der Waals surface area contributed by atoms with Gasteiger partial charge in [0, 0.05) is 24.7 Å². The number of benzene rings is 1. The number of nitro groups is 2. The molecule has 0 aliphatic carbocycles. The van der Waals surface area contributed by atoms with E-state index in [-0.39, 0.29) is 11.1 Å². The second-order valence-electron chi connectivity index (χ2n) is 4.94. The number of rotatable bonds is 7. The average molecular weight is 309 g/mol. The summed E-state index contributed by atoms with van der Waals surface area (Å²) in [7, 11) is 0. The Labute approximate surface area is 128 Å². The van der Waals surface area contributed by atoms with Crippen LogP contribution in [-0.2, 0) is 0 Å². The van der Waals surface area contributed by atoms with Gasteiger partial charge in [-0.1, -0.05) is 13.8 Å². The van der Waals surface area contributed by atoms with Crippen LogP contribution in [0.15, 0.2) is 12.1 Å². The van der Waals surface area contributed by atoms with E-state index in [1.807, 2.05) is 13.8 Å². The molecule has 0 aliphatic heterocycles. The van der Waals surface area contributed by atoms with Gasteiger partial charge in [0.15, 0.2) is 0 Å². The third-order valence-electron chi connectivity index (χ3n) is 3.28. The molecule has 0 saturated heterocycles. The molecule has 1 amide bonds. The predicted octanol–water partition coefficient (Wildman–Crippen LogP) is 3.07. The van der Waals surface area contributed by atoms with Gasteiger partial charge < -0.3 is 4.90 Å². The first kappa shape index (κ1) is 17.5.